The highest BCUT2D eigenvalue weighted by Gasteiger charge is 2.22. The zero-order chi connectivity index (χ0) is 41.5. The van der Waals surface area contributed by atoms with Gasteiger partial charge in [0.1, 0.15) is 11.2 Å². The molecule has 14 rings (SSSR count). The summed E-state index contributed by atoms with van der Waals surface area (Å²) in [6.07, 6.45) is 0. The van der Waals surface area contributed by atoms with Crippen molar-refractivity contribution in [1.82, 2.24) is 0 Å². The van der Waals surface area contributed by atoms with E-state index in [9.17, 15) is 2.74 Å². The largest absolute Gasteiger partial charge is 0.456 e. The number of furan rings is 1. The first-order valence-electron chi connectivity index (χ1n) is 22.0. The van der Waals surface area contributed by atoms with E-state index in [1.165, 1.54) is 48.5 Å². The minimum atomic E-state index is 0.327. The molecule has 0 spiro atoms. The molecule has 0 bridgehead atoms. The summed E-state index contributed by atoms with van der Waals surface area (Å²) in [5.74, 6) is 0. The molecule has 61 heavy (non-hydrogen) atoms. The molecular formula is C60H34O. The normalized spacial score (nSPS) is 12.7. The van der Waals surface area contributed by atoms with Crippen LogP contribution in [0.5, 0.6) is 0 Å². The molecular weight excluding hydrogens is 737 g/mol. The van der Waals surface area contributed by atoms with Crippen molar-refractivity contribution in [3.8, 4) is 44.5 Å². The van der Waals surface area contributed by atoms with E-state index in [4.69, 9.17) is 4.42 Å². The van der Waals surface area contributed by atoms with Crippen LogP contribution in [-0.4, -0.2) is 0 Å². The van der Waals surface area contributed by atoms with Crippen LogP contribution in [0.3, 0.4) is 0 Å². The Morgan fingerprint density at radius 2 is 0.787 bits per heavy atom. The lowest BCUT2D eigenvalue weighted by Gasteiger charge is -2.22. The van der Waals surface area contributed by atoms with Crippen molar-refractivity contribution in [2.45, 2.75) is 0 Å². The van der Waals surface area contributed by atoms with Gasteiger partial charge in [-0.1, -0.05) is 170 Å². The van der Waals surface area contributed by atoms with Gasteiger partial charge >= 0.3 is 0 Å². The van der Waals surface area contributed by atoms with Crippen molar-refractivity contribution in [3.63, 3.8) is 0 Å². The van der Waals surface area contributed by atoms with Crippen LogP contribution < -0.4 is 0 Å². The Balaban J connectivity index is 1.16. The molecule has 1 heteroatoms. The standard InChI is InChI=1S/C60H34O/c1-2-8-35(9-3-1)58-50(44-24-29-54-51(31-44)52-30-42-10-4-5-11-43(42)34-55(52)61-54)32-45(46-25-20-40-18-16-36-12-6-14-38-22-27-48(46)59(40)56(36)38)33-53(58)47-26-21-41-19-17-37-13-7-15-39-23-28-49(47)60(41)57(37)39/h1-34H/i32D,33D. The molecule has 0 radical (unpaired) electrons. The maximum Gasteiger partial charge on any atom is 0.136 e. The van der Waals surface area contributed by atoms with E-state index in [2.05, 4.69) is 188 Å². The van der Waals surface area contributed by atoms with Gasteiger partial charge in [0.05, 0.1) is 2.74 Å². The second-order valence-electron chi connectivity index (χ2n) is 16.6. The molecule has 0 N–H and O–H groups in total. The molecule has 0 saturated heterocycles. The molecule has 0 saturated carbocycles. The summed E-state index contributed by atoms with van der Waals surface area (Å²) in [7, 11) is 0. The van der Waals surface area contributed by atoms with Gasteiger partial charge in [-0.15, -0.1) is 0 Å². The van der Waals surface area contributed by atoms with E-state index < -0.39 is 0 Å². The van der Waals surface area contributed by atoms with Gasteiger partial charge in [0.15, 0.2) is 0 Å². The molecule has 280 valence electrons. The molecule has 0 aliphatic carbocycles. The lowest BCUT2D eigenvalue weighted by molar-refractivity contribution is 0.669. The number of hydrogen-bond donors (Lipinski definition) is 0. The third-order valence-electron chi connectivity index (χ3n) is 13.3. The summed E-state index contributed by atoms with van der Waals surface area (Å²) in [5, 5.41) is 18.3. The van der Waals surface area contributed by atoms with Crippen molar-refractivity contribution in [1.29, 1.82) is 0 Å². The fourth-order valence-electron chi connectivity index (χ4n) is 10.5. The summed E-state index contributed by atoms with van der Waals surface area (Å²) in [6.45, 7) is 0. The van der Waals surface area contributed by atoms with Gasteiger partial charge in [-0.05, 0) is 156 Å². The Morgan fingerprint density at radius 3 is 1.46 bits per heavy atom. The van der Waals surface area contributed by atoms with Crippen LogP contribution >= 0.6 is 0 Å². The van der Waals surface area contributed by atoms with E-state index in [1.807, 2.05) is 6.07 Å². The summed E-state index contributed by atoms with van der Waals surface area (Å²) in [4.78, 5) is 0. The van der Waals surface area contributed by atoms with Crippen LogP contribution in [0.25, 0.3) is 142 Å². The monoisotopic (exact) mass is 772 g/mol. The summed E-state index contributed by atoms with van der Waals surface area (Å²) in [5.41, 5.74) is 8.45. The van der Waals surface area contributed by atoms with E-state index in [1.54, 1.807) is 0 Å². The summed E-state index contributed by atoms with van der Waals surface area (Å²) >= 11 is 0. The first kappa shape index (κ1) is 31.0. The average Bonchev–Trinajstić information content (AvgIpc) is 3.68. The summed E-state index contributed by atoms with van der Waals surface area (Å²) < 4.78 is 27.7. The molecule has 1 heterocycles. The van der Waals surface area contributed by atoms with Gasteiger partial charge in [-0.3, -0.25) is 0 Å². The zero-order valence-corrected chi connectivity index (χ0v) is 32.9. The Morgan fingerprint density at radius 1 is 0.279 bits per heavy atom. The molecule has 13 aromatic carbocycles. The Labute approximate surface area is 353 Å². The lowest BCUT2D eigenvalue weighted by atomic mass is 9.81. The van der Waals surface area contributed by atoms with Crippen LogP contribution in [0.4, 0.5) is 0 Å². The van der Waals surface area contributed by atoms with Crippen molar-refractivity contribution < 1.29 is 7.16 Å². The third kappa shape index (κ3) is 4.72. The van der Waals surface area contributed by atoms with Crippen molar-refractivity contribution in [3.05, 3.63) is 206 Å². The topological polar surface area (TPSA) is 13.1 Å². The highest BCUT2D eigenvalue weighted by Crippen LogP contribution is 2.49. The molecule has 0 amide bonds. The SMILES string of the molecule is [2H]c1c(-c2ccc3ccc4cccc5ccc2c3c45)c([2H])c(-c2ccc3ccc4cccc5ccc2c3c45)c(-c2ccccc2)c1-c1ccc2oc3cc4ccccc4cc3c2c1. The van der Waals surface area contributed by atoms with Gasteiger partial charge in [-0.25, -0.2) is 0 Å². The van der Waals surface area contributed by atoms with Crippen LogP contribution in [-0.2, 0) is 0 Å². The Bertz CT molecular complexity index is 4190. The second-order valence-corrected chi connectivity index (χ2v) is 16.6. The molecule has 1 aromatic heterocycles. The zero-order valence-electron chi connectivity index (χ0n) is 34.9. The van der Waals surface area contributed by atoms with E-state index >= 15 is 0 Å². The highest BCUT2D eigenvalue weighted by molar-refractivity contribution is 6.28. The number of hydrogen-bond acceptors (Lipinski definition) is 1. The first-order chi connectivity index (χ1) is 31.1. The molecule has 14 aromatic rings. The lowest BCUT2D eigenvalue weighted by Crippen LogP contribution is -1.95. The van der Waals surface area contributed by atoms with Gasteiger partial charge in [0.2, 0.25) is 0 Å². The fraction of sp³-hybridized carbons (Fsp3) is 0. The molecule has 0 atom stereocenters. The van der Waals surface area contributed by atoms with Crippen molar-refractivity contribution in [2.75, 3.05) is 0 Å². The minimum absolute atomic E-state index is 0.327. The first-order valence-corrected chi connectivity index (χ1v) is 21.0. The van der Waals surface area contributed by atoms with Crippen molar-refractivity contribution >= 4 is 97.3 Å². The van der Waals surface area contributed by atoms with E-state index in [0.717, 1.165) is 87.8 Å². The average molecular weight is 773 g/mol. The van der Waals surface area contributed by atoms with Gasteiger partial charge in [0.25, 0.3) is 0 Å². The van der Waals surface area contributed by atoms with Gasteiger partial charge < -0.3 is 4.42 Å². The summed E-state index contributed by atoms with van der Waals surface area (Å²) in [6, 6.07) is 69.6. The molecule has 0 aliphatic rings. The van der Waals surface area contributed by atoms with E-state index in [-0.39, 0.29) is 0 Å². The maximum absolute atomic E-state index is 10.6. The Kier molecular flexibility index (Phi) is 6.23. The predicted molar refractivity (Wildman–Crippen MR) is 260 cm³/mol. The second kappa shape index (κ2) is 12.3. The van der Waals surface area contributed by atoms with Gasteiger partial charge in [-0.2, -0.15) is 0 Å². The molecule has 0 unspecified atom stereocenters. The molecule has 0 aliphatic heterocycles. The van der Waals surface area contributed by atoms with Crippen LogP contribution in [0, 0.1) is 0 Å². The predicted octanol–water partition coefficient (Wildman–Crippen LogP) is 17.2. The minimum Gasteiger partial charge on any atom is -0.456 e. The quantitative estimate of drug-likeness (QED) is 0.162. The maximum atomic E-state index is 10.6. The highest BCUT2D eigenvalue weighted by atomic mass is 16.3. The van der Waals surface area contributed by atoms with Crippen LogP contribution in [0.15, 0.2) is 211 Å². The number of fused-ring (bicyclic) bond motifs is 4. The number of rotatable bonds is 4. The van der Waals surface area contributed by atoms with Crippen molar-refractivity contribution in [2.24, 2.45) is 0 Å². The van der Waals surface area contributed by atoms with Gasteiger partial charge in [0, 0.05) is 10.8 Å². The number of benzene rings is 13. The van der Waals surface area contributed by atoms with Crippen LogP contribution in [0.1, 0.15) is 2.74 Å². The van der Waals surface area contributed by atoms with E-state index in [0.29, 0.717) is 17.6 Å². The smallest absolute Gasteiger partial charge is 0.136 e. The fourth-order valence-corrected chi connectivity index (χ4v) is 10.5. The Hall–Kier alpha value is -8.00. The molecule has 1 nitrogen and oxygen atoms in total. The van der Waals surface area contributed by atoms with Crippen LogP contribution in [0.2, 0.25) is 0 Å². The molecule has 0 fully saturated rings. The third-order valence-corrected chi connectivity index (χ3v) is 13.3.